The molecule has 0 saturated carbocycles. The Morgan fingerprint density at radius 2 is 2.45 bits per heavy atom. The van der Waals surface area contributed by atoms with E-state index in [1.165, 1.54) is 0 Å². The van der Waals surface area contributed by atoms with Crippen molar-refractivity contribution in [2.45, 2.75) is 25.3 Å². The summed E-state index contributed by atoms with van der Waals surface area (Å²) in [6, 6.07) is 0.141. The number of hydrogen-bond donors (Lipinski definition) is 0. The van der Waals surface area contributed by atoms with E-state index in [2.05, 4.69) is 4.98 Å². The lowest BCUT2D eigenvalue weighted by Crippen LogP contribution is -2.49. The quantitative estimate of drug-likeness (QED) is 0.767. The van der Waals surface area contributed by atoms with E-state index in [4.69, 9.17) is 9.47 Å². The molecule has 0 aromatic carbocycles. The molecule has 112 valence electrons. The number of carbonyl (C=O) groups is 1. The Hall–Kier alpha value is -1.40. The van der Waals surface area contributed by atoms with Gasteiger partial charge in [-0.2, -0.15) is 0 Å². The highest BCUT2D eigenvalue weighted by Gasteiger charge is 2.26. The monoisotopic (exact) mass is 281 g/mol. The van der Waals surface area contributed by atoms with Gasteiger partial charge < -0.3 is 18.9 Å². The fourth-order valence-electron chi connectivity index (χ4n) is 2.48. The molecule has 1 aromatic rings. The van der Waals surface area contributed by atoms with E-state index in [1.807, 2.05) is 22.7 Å². The minimum Gasteiger partial charge on any atom is -0.385 e. The van der Waals surface area contributed by atoms with Gasteiger partial charge in [-0.3, -0.25) is 4.79 Å². The molecule has 1 amide bonds. The average molecular weight is 281 g/mol. The van der Waals surface area contributed by atoms with Gasteiger partial charge >= 0.3 is 0 Å². The minimum absolute atomic E-state index is 0.141. The highest BCUT2D eigenvalue weighted by molar-refractivity contribution is 5.76. The Morgan fingerprint density at radius 3 is 3.15 bits per heavy atom. The molecule has 0 radical (unpaired) electrons. The second-order valence-electron chi connectivity index (χ2n) is 5.09. The normalized spacial score (nSPS) is 19.3. The van der Waals surface area contributed by atoms with Crippen LogP contribution in [0.15, 0.2) is 12.5 Å². The van der Waals surface area contributed by atoms with E-state index >= 15 is 0 Å². The average Bonchev–Trinajstić information content (AvgIpc) is 2.88. The van der Waals surface area contributed by atoms with Gasteiger partial charge in [0.15, 0.2) is 0 Å². The van der Waals surface area contributed by atoms with E-state index in [9.17, 15) is 4.79 Å². The summed E-state index contributed by atoms with van der Waals surface area (Å²) < 4.78 is 12.5. The number of aryl methyl sites for hydroxylation is 2. The summed E-state index contributed by atoms with van der Waals surface area (Å²) in [5.41, 5.74) is 1.08. The first kappa shape index (κ1) is 15.0. The highest BCUT2D eigenvalue weighted by Crippen LogP contribution is 2.13. The first-order valence-corrected chi connectivity index (χ1v) is 7.03. The number of morpholine rings is 1. The molecule has 6 nitrogen and oxygen atoms in total. The highest BCUT2D eigenvalue weighted by atomic mass is 16.5. The van der Waals surface area contributed by atoms with Gasteiger partial charge in [-0.1, -0.05) is 0 Å². The van der Waals surface area contributed by atoms with Gasteiger partial charge in [-0.15, -0.1) is 0 Å². The predicted octanol–water partition coefficient (Wildman–Crippen LogP) is 0.617. The predicted molar refractivity (Wildman–Crippen MR) is 74.3 cm³/mol. The Balaban J connectivity index is 1.87. The van der Waals surface area contributed by atoms with Crippen LogP contribution in [0.4, 0.5) is 0 Å². The largest absolute Gasteiger partial charge is 0.385 e. The Kier molecular flexibility index (Phi) is 5.55. The van der Waals surface area contributed by atoms with Crippen LogP contribution in [0.3, 0.4) is 0 Å². The van der Waals surface area contributed by atoms with Crippen LogP contribution in [0.2, 0.25) is 0 Å². The van der Waals surface area contributed by atoms with Crippen LogP contribution >= 0.6 is 0 Å². The number of carbonyl (C=O) groups excluding carboxylic acids is 1. The number of nitrogens with zero attached hydrogens (tertiary/aromatic N) is 3. The maximum Gasteiger partial charge on any atom is 0.223 e. The zero-order chi connectivity index (χ0) is 14.4. The van der Waals surface area contributed by atoms with Crippen LogP contribution in [0.5, 0.6) is 0 Å². The molecule has 2 heterocycles. The van der Waals surface area contributed by atoms with Crippen LogP contribution < -0.4 is 0 Å². The molecule has 0 N–H and O–H groups in total. The van der Waals surface area contributed by atoms with Crippen LogP contribution in [0.25, 0.3) is 0 Å². The van der Waals surface area contributed by atoms with Crippen molar-refractivity contribution in [3.63, 3.8) is 0 Å². The Morgan fingerprint density at radius 1 is 1.60 bits per heavy atom. The Bertz CT molecular complexity index is 433. The maximum absolute atomic E-state index is 12.4. The molecule has 1 aromatic heterocycles. The zero-order valence-corrected chi connectivity index (χ0v) is 12.2. The number of ether oxygens (including phenoxy) is 2. The van der Waals surface area contributed by atoms with Crippen molar-refractivity contribution >= 4 is 5.91 Å². The molecule has 6 heteroatoms. The van der Waals surface area contributed by atoms with E-state index in [1.54, 1.807) is 13.4 Å². The molecule has 2 rings (SSSR count). The van der Waals surface area contributed by atoms with Crippen LogP contribution in [0, 0.1) is 0 Å². The third kappa shape index (κ3) is 3.80. The molecule has 1 aliphatic heterocycles. The molecule has 20 heavy (non-hydrogen) atoms. The number of rotatable bonds is 6. The zero-order valence-electron chi connectivity index (χ0n) is 12.2. The van der Waals surface area contributed by atoms with Crippen LogP contribution in [-0.2, 0) is 27.7 Å². The van der Waals surface area contributed by atoms with E-state index in [0.717, 1.165) is 18.5 Å². The van der Waals surface area contributed by atoms with E-state index < -0.39 is 0 Å². The fourth-order valence-corrected chi connectivity index (χ4v) is 2.48. The van der Waals surface area contributed by atoms with Gasteiger partial charge in [-0.25, -0.2) is 4.98 Å². The third-order valence-electron chi connectivity index (χ3n) is 3.71. The number of imidazole rings is 1. The van der Waals surface area contributed by atoms with Gasteiger partial charge in [0.25, 0.3) is 0 Å². The second kappa shape index (κ2) is 7.40. The van der Waals surface area contributed by atoms with Gasteiger partial charge in [0.2, 0.25) is 5.91 Å². The summed E-state index contributed by atoms with van der Waals surface area (Å²) in [7, 11) is 3.63. The van der Waals surface area contributed by atoms with E-state index in [-0.39, 0.29) is 11.9 Å². The third-order valence-corrected chi connectivity index (χ3v) is 3.71. The van der Waals surface area contributed by atoms with Crippen molar-refractivity contribution in [1.29, 1.82) is 0 Å². The summed E-state index contributed by atoms with van der Waals surface area (Å²) in [6.45, 7) is 2.57. The van der Waals surface area contributed by atoms with Crippen molar-refractivity contribution in [3.8, 4) is 0 Å². The molecule has 0 aliphatic carbocycles. The molecule has 1 unspecified atom stereocenters. The topological polar surface area (TPSA) is 56.6 Å². The van der Waals surface area contributed by atoms with Crippen molar-refractivity contribution in [2.24, 2.45) is 7.05 Å². The molecule has 1 fully saturated rings. The van der Waals surface area contributed by atoms with Crippen LogP contribution in [-0.4, -0.2) is 59.9 Å². The summed E-state index contributed by atoms with van der Waals surface area (Å²) in [4.78, 5) is 18.4. The molecule has 1 saturated heterocycles. The SMILES string of the molecule is COCCC1COCCN1C(=O)CCc1cncn1C. The number of hydrogen-bond acceptors (Lipinski definition) is 4. The molecular weight excluding hydrogens is 258 g/mol. The fraction of sp³-hybridized carbons (Fsp3) is 0.714. The standard InChI is InChI=1S/C14H23N3O3/c1-16-11-15-9-12(16)3-4-14(18)17-6-8-20-10-13(17)5-7-19-2/h9,11,13H,3-8,10H2,1-2H3. The molecule has 1 atom stereocenters. The maximum atomic E-state index is 12.4. The number of aromatic nitrogens is 2. The smallest absolute Gasteiger partial charge is 0.223 e. The number of methoxy groups -OCH3 is 1. The van der Waals surface area contributed by atoms with Gasteiger partial charge in [0, 0.05) is 45.6 Å². The van der Waals surface area contributed by atoms with Crippen molar-refractivity contribution in [1.82, 2.24) is 14.5 Å². The molecular formula is C14H23N3O3. The number of amides is 1. The van der Waals surface area contributed by atoms with Crippen LogP contribution in [0.1, 0.15) is 18.5 Å². The molecule has 0 spiro atoms. The summed E-state index contributed by atoms with van der Waals surface area (Å²) in [6.07, 6.45) is 5.64. The lowest BCUT2D eigenvalue weighted by atomic mass is 10.1. The van der Waals surface area contributed by atoms with Crippen molar-refractivity contribution in [3.05, 3.63) is 18.2 Å². The minimum atomic E-state index is 0.141. The van der Waals surface area contributed by atoms with Gasteiger partial charge in [0.1, 0.15) is 0 Å². The van der Waals surface area contributed by atoms with E-state index in [0.29, 0.717) is 32.8 Å². The first-order chi connectivity index (χ1) is 9.72. The molecule has 1 aliphatic rings. The summed E-state index contributed by atoms with van der Waals surface area (Å²) in [5.74, 6) is 0.190. The van der Waals surface area contributed by atoms with Crippen molar-refractivity contribution in [2.75, 3.05) is 33.5 Å². The summed E-state index contributed by atoms with van der Waals surface area (Å²) in [5, 5.41) is 0. The van der Waals surface area contributed by atoms with Crippen molar-refractivity contribution < 1.29 is 14.3 Å². The first-order valence-electron chi connectivity index (χ1n) is 7.03. The second-order valence-corrected chi connectivity index (χ2v) is 5.09. The molecule has 0 bridgehead atoms. The lowest BCUT2D eigenvalue weighted by Gasteiger charge is -2.35. The Labute approximate surface area is 119 Å². The lowest BCUT2D eigenvalue weighted by molar-refractivity contribution is -0.140. The van der Waals surface area contributed by atoms with Gasteiger partial charge in [0.05, 0.1) is 25.6 Å². The van der Waals surface area contributed by atoms with Gasteiger partial charge in [-0.05, 0) is 12.8 Å². The summed E-state index contributed by atoms with van der Waals surface area (Å²) >= 11 is 0.